The summed E-state index contributed by atoms with van der Waals surface area (Å²) in [6.07, 6.45) is 12.1. The first-order chi connectivity index (χ1) is 40.3. The zero-order valence-electron chi connectivity index (χ0n) is 50.6. The summed E-state index contributed by atoms with van der Waals surface area (Å²) >= 11 is 4.36. The summed E-state index contributed by atoms with van der Waals surface area (Å²) in [5.74, 6) is -5.00. The first-order valence-electron chi connectivity index (χ1n) is 28.1. The van der Waals surface area contributed by atoms with Crippen molar-refractivity contribution >= 4 is 93.1 Å². The third-order valence-electron chi connectivity index (χ3n) is 11.4. The number of carbonyl (C=O) groups excluding carboxylic acids is 2. The predicted octanol–water partition coefficient (Wildman–Crippen LogP) is -0.979. The second-order valence-corrected chi connectivity index (χ2v) is 22.6. The molecular formula is C52H108N12O21SSe. The Kier molecular flexibility index (Phi) is 69.4. The van der Waals surface area contributed by atoms with Crippen molar-refractivity contribution in [2.45, 2.75) is 227 Å². The van der Waals surface area contributed by atoms with Gasteiger partial charge in [-0.15, -0.1) is 0 Å². The topological polar surface area (TPSA) is 689 Å². The van der Waals surface area contributed by atoms with Crippen molar-refractivity contribution in [2.24, 2.45) is 69.2 Å². The van der Waals surface area contributed by atoms with Gasteiger partial charge in [0.15, 0.2) is 0 Å². The maximum atomic E-state index is 10.3. The normalized spacial score (nSPS) is 15.4. The van der Waals surface area contributed by atoms with Crippen molar-refractivity contribution in [3.63, 3.8) is 0 Å². The summed E-state index contributed by atoms with van der Waals surface area (Å²) < 4.78 is 0. The van der Waals surface area contributed by atoms with E-state index in [9.17, 15) is 53.1 Å². The summed E-state index contributed by atoms with van der Waals surface area (Å²) in [6.45, 7) is 4.49. The number of aliphatic carboxylic acids is 8. The predicted molar refractivity (Wildman–Crippen MR) is 330 cm³/mol. The Morgan fingerprint density at radius 1 is 0.563 bits per heavy atom. The van der Waals surface area contributed by atoms with Gasteiger partial charge >= 0.3 is 108 Å². The van der Waals surface area contributed by atoms with E-state index in [0.29, 0.717) is 123 Å². The maximum absolute atomic E-state index is 10.3. The zero-order valence-corrected chi connectivity index (χ0v) is 53.2. The fourth-order valence-corrected chi connectivity index (χ4v) is 7.53. The van der Waals surface area contributed by atoms with Crippen molar-refractivity contribution in [3.8, 4) is 0 Å². The second kappa shape index (κ2) is 63.5. The van der Waals surface area contributed by atoms with Crippen LogP contribution in [0.4, 0.5) is 4.79 Å². The fourth-order valence-electron chi connectivity index (χ4n) is 6.22. The molecule has 1 aliphatic rings. The van der Waals surface area contributed by atoms with E-state index >= 15 is 0 Å². The number of thiol groups is 1. The van der Waals surface area contributed by atoms with Crippen LogP contribution in [-0.2, 0) is 43.2 Å². The van der Waals surface area contributed by atoms with Gasteiger partial charge in [0.2, 0.25) is 5.91 Å². The molecule has 0 radical (unpaired) electrons. The number of amidine groups is 1. The number of urea groups is 1. The SMILES string of the molecule is CC(C)CC(N)C(O)CC(=O)O.C[Se]CCC(N)C(=O)O.N=C(N)CCCCCC(N)C(=O)O.NC(=O)CCCCCC(N)C(=O)O.NC(=O)NCCCC(N)C(=O)O.NC(CCCCCO)C(=O)O.NC(CCS)C(=O)O.O=C(O)C1CCC(O)C1. The van der Waals surface area contributed by atoms with Gasteiger partial charge in [-0.05, 0) is 95.1 Å². The Labute approximate surface area is 521 Å². The Hall–Kier alpha value is -5.56. The van der Waals surface area contributed by atoms with Gasteiger partial charge in [-0.1, -0.05) is 52.4 Å². The number of nitrogens with one attached hydrogen (secondary N) is 2. The average Bonchev–Trinajstić information content (AvgIpc) is 3.87. The van der Waals surface area contributed by atoms with Gasteiger partial charge in [-0.25, -0.2) is 4.79 Å². The molecule has 0 heterocycles. The molecule has 1 saturated carbocycles. The first-order valence-corrected chi connectivity index (χ1v) is 31.7. The average molecular weight is 1350 g/mol. The molecule has 35 heteroatoms. The van der Waals surface area contributed by atoms with Gasteiger partial charge in [0, 0.05) is 32.0 Å². The number of hydrogen-bond acceptors (Lipinski definition) is 22. The molecule has 0 bridgehead atoms. The maximum Gasteiger partial charge on any atom is 0.320 e. The number of nitrogens with two attached hydrogens (primary N) is 10. The van der Waals surface area contributed by atoms with E-state index in [1.165, 1.54) is 0 Å². The van der Waals surface area contributed by atoms with Crippen LogP contribution in [0.15, 0.2) is 0 Å². The van der Waals surface area contributed by atoms with Crippen molar-refractivity contribution < 1.29 is 104 Å². The van der Waals surface area contributed by atoms with Gasteiger partial charge in [-0.3, -0.25) is 43.8 Å². The fraction of sp³-hybridized carbons (Fsp3) is 0.788. The molecule has 1 rings (SSSR count). The molecule has 10 unspecified atom stereocenters. The smallest absolute Gasteiger partial charge is 0.320 e. The number of aliphatic hydroxyl groups is 3. The van der Waals surface area contributed by atoms with E-state index < -0.39 is 102 Å². The van der Waals surface area contributed by atoms with Crippen molar-refractivity contribution in [1.82, 2.24) is 5.32 Å². The standard InChI is InChI=1S/C8H17N3O2.C8H16N2O3.C8H17NO3.C7H15NO3.C6H13N3O3.C6H10O3.C5H11NO2Se.C4H9NO2S/c2*9-6(8(12)13)4-2-1-3-5-7(10)11;1-5(2)3-6(9)7(10)4-8(11)12;8-6(7(10)11)4-2-1-3-5-9;7-4(5(10)11)2-1-3-9-6(8)12;7-5-2-1-4(3-5)6(8)9;1-9-3-2-4(6)5(7)8;5-3(1-2-8)4(6)7/h6H,1-5,9H2,(H3,10,11)(H,12,13);6H,1-5,9H2,(H2,10,11)(H,12,13);5-7,10H,3-4,9H2,1-2H3,(H,11,12);6,9H,1-5,8H2,(H,10,11);4H,1-3,7H2,(H,10,11)(H3,8,9,12);4-5,7H,1-3H2,(H,8,9);4H,2-3,6H2,1H3,(H,7,8);3,8H,1-2,5H2,(H,6,7). The molecule has 3 amide bonds. The quantitative estimate of drug-likeness (QED) is 0.0116. The molecule has 0 aromatic carbocycles. The van der Waals surface area contributed by atoms with Crippen LogP contribution in [0.3, 0.4) is 0 Å². The molecule has 0 aromatic rings. The molecule has 10 atom stereocenters. The second-order valence-electron chi connectivity index (χ2n) is 20.1. The molecular weight excluding hydrogens is 1240 g/mol. The van der Waals surface area contributed by atoms with E-state index in [1.807, 2.05) is 13.8 Å². The Bertz CT molecular complexity index is 1830. The molecule has 0 saturated heterocycles. The number of rotatable bonds is 38. The molecule has 33 N–H and O–H groups in total. The number of primary amides is 2. The van der Waals surface area contributed by atoms with Crippen LogP contribution >= 0.6 is 12.6 Å². The van der Waals surface area contributed by atoms with Gasteiger partial charge in [-0.2, -0.15) is 12.6 Å². The Morgan fingerprint density at radius 3 is 1.22 bits per heavy atom. The van der Waals surface area contributed by atoms with E-state index in [0.717, 1.165) is 56.7 Å². The Balaban J connectivity index is -0.000000169. The number of carboxylic acids is 8. The van der Waals surface area contributed by atoms with Crippen LogP contribution < -0.4 is 62.7 Å². The minimum absolute atomic E-state index is 0.169. The number of hydrogen-bond donors (Lipinski definition) is 24. The van der Waals surface area contributed by atoms with Crippen LogP contribution in [0.2, 0.25) is 11.1 Å². The van der Waals surface area contributed by atoms with Crippen molar-refractivity contribution in [1.29, 1.82) is 5.41 Å². The number of carboxylic acid groups (broad SMARTS) is 8. The number of amides is 3. The van der Waals surface area contributed by atoms with E-state index in [4.69, 9.17) is 114 Å². The summed E-state index contributed by atoms with van der Waals surface area (Å²) in [6, 6.07) is -5.57. The van der Waals surface area contributed by atoms with Crippen molar-refractivity contribution in [3.05, 3.63) is 0 Å². The monoisotopic (exact) mass is 1350 g/mol. The number of carbonyl (C=O) groups is 10. The van der Waals surface area contributed by atoms with Gasteiger partial charge < -0.3 is 108 Å². The molecule has 0 spiro atoms. The third kappa shape index (κ3) is 78.4. The van der Waals surface area contributed by atoms with Crippen LogP contribution in [0.1, 0.15) is 162 Å². The van der Waals surface area contributed by atoms with Gasteiger partial charge in [0.25, 0.3) is 0 Å². The number of aliphatic hydroxyl groups excluding tert-OH is 3. The molecule has 0 aliphatic heterocycles. The molecule has 0 aromatic heterocycles. The molecule has 514 valence electrons. The summed E-state index contributed by atoms with van der Waals surface area (Å²) in [5.41, 5.74) is 51.7. The minimum atomic E-state index is -1.03. The molecule has 33 nitrogen and oxygen atoms in total. The molecule has 1 fully saturated rings. The molecule has 1 aliphatic carbocycles. The summed E-state index contributed by atoms with van der Waals surface area (Å²) in [4.78, 5) is 102. The van der Waals surface area contributed by atoms with Gasteiger partial charge in [0.1, 0.15) is 30.2 Å². The number of unbranched alkanes of at least 4 members (excludes halogenated alkanes) is 6. The largest absolute Gasteiger partial charge is 0.481 e. The first kappa shape index (κ1) is 95.1. The zero-order chi connectivity index (χ0) is 69.2. The van der Waals surface area contributed by atoms with E-state index in [2.05, 4.69) is 23.8 Å². The van der Waals surface area contributed by atoms with Crippen LogP contribution in [-0.4, -0.2) is 210 Å². The summed E-state index contributed by atoms with van der Waals surface area (Å²) in [5, 5.41) is 104. The summed E-state index contributed by atoms with van der Waals surface area (Å²) in [7, 11) is 0. The van der Waals surface area contributed by atoms with E-state index in [-0.39, 0.29) is 36.8 Å². The van der Waals surface area contributed by atoms with E-state index in [1.54, 1.807) is 0 Å². The van der Waals surface area contributed by atoms with Crippen molar-refractivity contribution in [2.75, 3.05) is 18.9 Å². The minimum Gasteiger partial charge on any atom is -0.481 e. The third-order valence-corrected chi connectivity index (χ3v) is 13.0. The Morgan fingerprint density at radius 2 is 0.943 bits per heavy atom. The molecule has 87 heavy (non-hydrogen) atoms. The van der Waals surface area contributed by atoms with Crippen LogP contribution in [0.25, 0.3) is 0 Å². The van der Waals surface area contributed by atoms with Crippen LogP contribution in [0, 0.1) is 17.2 Å². The van der Waals surface area contributed by atoms with Gasteiger partial charge in [0.05, 0.1) is 30.4 Å². The van der Waals surface area contributed by atoms with Crippen LogP contribution in [0.5, 0.6) is 0 Å².